The fraction of sp³-hybridized carbons (Fsp3) is 0.500. The molecule has 45 heavy (non-hydrogen) atoms. The number of carbonyl (C=O) groups is 1. The zero-order chi connectivity index (χ0) is 32.5. The standard InChI is InChI=1S/C28H31F6N7O3S/c1-41-13-6-7-19(41)22(31)18(8-13)38-17-5-3-4-14-15(9-28(32,33)34)24(45-23(14)17)26-39-21(44-40-26)12-37-27(42)16(25(35)43-2)10-36-11-20(29)30/h3-5,10,13,18-20,22,38H,6-9,11-12,35H2,1-2H3,(H,37,42)/b25-16-,36-10?/t13-,18-,19+,22-/m1/s1. The van der Waals surface area contributed by atoms with Crippen molar-refractivity contribution in [3.8, 4) is 10.7 Å². The number of aliphatic imine (C=N–C) groups is 1. The van der Waals surface area contributed by atoms with E-state index in [0.717, 1.165) is 30.4 Å². The van der Waals surface area contributed by atoms with Gasteiger partial charge in [-0.2, -0.15) is 18.2 Å². The van der Waals surface area contributed by atoms with Crippen LogP contribution in [0.25, 0.3) is 20.8 Å². The summed E-state index contributed by atoms with van der Waals surface area (Å²) in [5, 5.41) is 9.87. The van der Waals surface area contributed by atoms with E-state index >= 15 is 4.39 Å². The smallest absolute Gasteiger partial charge is 0.393 e. The summed E-state index contributed by atoms with van der Waals surface area (Å²) in [6.45, 7) is -1.22. The van der Waals surface area contributed by atoms with Crippen LogP contribution in [0.3, 0.4) is 0 Å². The highest BCUT2D eigenvalue weighted by molar-refractivity contribution is 7.23. The van der Waals surface area contributed by atoms with Crippen molar-refractivity contribution < 1.29 is 40.4 Å². The monoisotopic (exact) mass is 659 g/mol. The van der Waals surface area contributed by atoms with E-state index in [-0.39, 0.29) is 52.2 Å². The highest BCUT2D eigenvalue weighted by atomic mass is 32.1. The van der Waals surface area contributed by atoms with Crippen LogP contribution in [0.2, 0.25) is 0 Å². The molecule has 2 aliphatic heterocycles. The second kappa shape index (κ2) is 13.2. The largest absolute Gasteiger partial charge is 0.482 e. The van der Waals surface area contributed by atoms with Crippen molar-refractivity contribution in [3.05, 3.63) is 41.1 Å². The molecule has 4 heterocycles. The van der Waals surface area contributed by atoms with Crippen LogP contribution in [0.1, 0.15) is 30.7 Å². The number of ether oxygens (including phenoxy) is 1. The van der Waals surface area contributed by atoms with E-state index in [1.165, 1.54) is 7.11 Å². The fourth-order valence-corrected chi connectivity index (χ4v) is 7.04. The van der Waals surface area contributed by atoms with Gasteiger partial charge in [0.15, 0.2) is 5.88 Å². The predicted molar refractivity (Wildman–Crippen MR) is 156 cm³/mol. The second-order valence-electron chi connectivity index (χ2n) is 10.8. The number of piperidine rings is 1. The van der Waals surface area contributed by atoms with E-state index in [2.05, 4.69) is 30.7 Å². The van der Waals surface area contributed by atoms with Crippen LogP contribution in [0.4, 0.5) is 32.0 Å². The Morgan fingerprint density at radius 2 is 2.11 bits per heavy atom. The first-order valence-corrected chi connectivity index (χ1v) is 14.8. The summed E-state index contributed by atoms with van der Waals surface area (Å²) >= 11 is 1.03. The van der Waals surface area contributed by atoms with Crippen LogP contribution < -0.4 is 16.4 Å². The molecule has 244 valence electrons. The van der Waals surface area contributed by atoms with Gasteiger partial charge < -0.3 is 25.6 Å². The van der Waals surface area contributed by atoms with Crippen LogP contribution >= 0.6 is 11.3 Å². The molecule has 5 rings (SSSR count). The average Bonchev–Trinajstić information content (AvgIpc) is 3.67. The predicted octanol–water partition coefficient (Wildman–Crippen LogP) is 4.81. The molecule has 1 amide bonds. The van der Waals surface area contributed by atoms with Crippen molar-refractivity contribution in [3.63, 3.8) is 0 Å². The summed E-state index contributed by atoms with van der Waals surface area (Å²) in [4.78, 5) is 22.5. The number of thiophene rings is 1. The molecule has 2 aromatic heterocycles. The summed E-state index contributed by atoms with van der Waals surface area (Å²) in [5.41, 5.74) is 5.76. The van der Waals surface area contributed by atoms with E-state index < -0.39 is 43.7 Å². The number of carbonyl (C=O) groups excluding carboxylic acids is 1. The van der Waals surface area contributed by atoms with Gasteiger partial charge in [-0.05, 0) is 43.3 Å². The number of aromatic nitrogens is 2. The molecular weight excluding hydrogens is 628 g/mol. The lowest BCUT2D eigenvalue weighted by atomic mass is 9.95. The number of hydrogen-bond donors (Lipinski definition) is 3. The number of nitrogens with one attached hydrogen (secondary N) is 2. The van der Waals surface area contributed by atoms with Crippen molar-refractivity contribution in [1.29, 1.82) is 0 Å². The number of amides is 1. The van der Waals surface area contributed by atoms with Gasteiger partial charge in [-0.25, -0.2) is 13.2 Å². The Bertz CT molecular complexity index is 1590. The number of nitrogens with zero attached hydrogens (tertiary/aromatic N) is 4. The number of hydrogen-bond acceptors (Lipinski definition) is 10. The molecule has 4 N–H and O–H groups in total. The highest BCUT2D eigenvalue weighted by Gasteiger charge is 2.46. The molecule has 1 aromatic carbocycles. The second-order valence-corrected chi connectivity index (χ2v) is 11.9. The van der Waals surface area contributed by atoms with E-state index in [1.807, 2.05) is 7.05 Å². The van der Waals surface area contributed by atoms with Gasteiger partial charge in [-0.1, -0.05) is 17.3 Å². The molecule has 2 saturated heterocycles. The Morgan fingerprint density at radius 3 is 2.82 bits per heavy atom. The Labute approximate surface area is 257 Å². The first kappa shape index (κ1) is 32.5. The summed E-state index contributed by atoms with van der Waals surface area (Å²) in [7, 11) is 3.09. The molecular formula is C28H31F6N7O3S. The van der Waals surface area contributed by atoms with Crippen LogP contribution in [0.5, 0.6) is 0 Å². The van der Waals surface area contributed by atoms with Crippen LogP contribution in [0, 0.1) is 0 Å². The summed E-state index contributed by atoms with van der Waals surface area (Å²) in [6, 6.07) is 4.44. The number of alkyl halides is 6. The first-order chi connectivity index (χ1) is 21.4. The molecule has 4 atom stereocenters. The normalized spacial score (nSPS) is 22.8. The minimum atomic E-state index is -4.56. The van der Waals surface area contributed by atoms with Crippen LogP contribution in [-0.4, -0.2) is 84.8 Å². The van der Waals surface area contributed by atoms with Gasteiger partial charge in [0.2, 0.25) is 11.7 Å². The maximum atomic E-state index is 15.4. The van der Waals surface area contributed by atoms with Crippen LogP contribution in [-0.2, 0) is 22.5 Å². The minimum absolute atomic E-state index is 0.0592. The van der Waals surface area contributed by atoms with Crippen LogP contribution in [0.15, 0.2) is 39.2 Å². The molecule has 0 aliphatic carbocycles. The lowest BCUT2D eigenvalue weighted by Gasteiger charge is -2.39. The van der Waals surface area contributed by atoms with E-state index in [0.29, 0.717) is 22.2 Å². The Kier molecular flexibility index (Phi) is 9.57. The number of fused-ring (bicyclic) bond motifs is 3. The molecule has 3 aromatic rings. The topological polar surface area (TPSA) is 131 Å². The van der Waals surface area contributed by atoms with Gasteiger partial charge >= 0.3 is 6.18 Å². The number of anilines is 1. The van der Waals surface area contributed by atoms with Gasteiger partial charge in [0.05, 0.1) is 47.9 Å². The lowest BCUT2D eigenvalue weighted by molar-refractivity contribution is -0.126. The van der Waals surface area contributed by atoms with Crippen molar-refractivity contribution >= 4 is 39.2 Å². The Hall–Kier alpha value is -3.86. The number of methoxy groups -OCH3 is 1. The van der Waals surface area contributed by atoms with Gasteiger partial charge in [-0.3, -0.25) is 14.7 Å². The first-order valence-electron chi connectivity index (χ1n) is 14.0. The maximum absolute atomic E-state index is 15.4. The fourth-order valence-electron chi connectivity index (χ4n) is 5.82. The van der Waals surface area contributed by atoms with E-state index in [1.54, 1.807) is 18.2 Å². The summed E-state index contributed by atoms with van der Waals surface area (Å²) in [6.07, 6.45) is -6.63. The van der Waals surface area contributed by atoms with E-state index in [9.17, 15) is 26.7 Å². The summed E-state index contributed by atoms with van der Waals surface area (Å²) < 4.78 is 92.1. The SMILES string of the molecule is CO/C(N)=C(/C=NCC(F)F)C(=O)NCc1nc(-c2sc3c(N[C@@H]4C[C@H]5CC[C@@H]([C@@H]4F)N5C)cccc3c2CC(F)(F)F)no1. The lowest BCUT2D eigenvalue weighted by Crippen LogP contribution is -2.53. The number of benzene rings is 1. The molecule has 2 aliphatic rings. The Balaban J connectivity index is 1.40. The molecule has 0 radical (unpaired) electrons. The maximum Gasteiger partial charge on any atom is 0.393 e. The molecule has 10 nitrogen and oxygen atoms in total. The van der Waals surface area contributed by atoms with E-state index in [4.69, 9.17) is 15.0 Å². The summed E-state index contributed by atoms with van der Waals surface area (Å²) in [5.74, 6) is -1.50. The number of halogens is 6. The van der Waals surface area contributed by atoms with Gasteiger partial charge in [0.1, 0.15) is 11.7 Å². The molecule has 0 unspecified atom stereocenters. The highest BCUT2D eigenvalue weighted by Crippen LogP contribution is 2.45. The zero-order valence-corrected chi connectivity index (χ0v) is 25.0. The number of nitrogens with two attached hydrogens (primary N) is 1. The van der Waals surface area contributed by atoms with Gasteiger partial charge in [0.25, 0.3) is 12.3 Å². The minimum Gasteiger partial charge on any atom is -0.482 e. The third kappa shape index (κ3) is 7.19. The number of rotatable bonds is 11. The van der Waals surface area contributed by atoms with Crippen molar-refractivity contribution in [2.24, 2.45) is 10.7 Å². The third-order valence-electron chi connectivity index (χ3n) is 7.97. The Morgan fingerprint density at radius 1 is 1.33 bits per heavy atom. The zero-order valence-electron chi connectivity index (χ0n) is 24.2. The average molecular weight is 660 g/mol. The molecule has 2 bridgehead atoms. The molecule has 0 saturated carbocycles. The molecule has 17 heteroatoms. The van der Waals surface area contributed by atoms with Crippen molar-refractivity contribution in [2.45, 2.75) is 69.1 Å². The molecule has 0 spiro atoms. The van der Waals surface area contributed by atoms with Crippen molar-refractivity contribution in [2.75, 3.05) is 26.0 Å². The van der Waals surface area contributed by atoms with Gasteiger partial charge in [0, 0.05) is 18.3 Å². The van der Waals surface area contributed by atoms with Crippen molar-refractivity contribution in [1.82, 2.24) is 20.4 Å². The van der Waals surface area contributed by atoms with Gasteiger partial charge in [-0.15, -0.1) is 11.3 Å². The quantitative estimate of drug-likeness (QED) is 0.116. The molecule has 2 fully saturated rings. The third-order valence-corrected chi connectivity index (χ3v) is 9.25.